The first-order valence-corrected chi connectivity index (χ1v) is 5.59. The van der Waals surface area contributed by atoms with Gasteiger partial charge in [0.15, 0.2) is 0 Å². The molecule has 2 nitrogen and oxygen atoms in total. The Labute approximate surface area is 82.7 Å². The van der Waals surface area contributed by atoms with E-state index in [-0.39, 0.29) is 0 Å². The molecule has 0 spiro atoms. The number of nitrogens with zero attached hydrogens (tertiary/aromatic N) is 2. The zero-order chi connectivity index (χ0) is 9.07. The van der Waals surface area contributed by atoms with Crippen LogP contribution in [-0.2, 0) is 0 Å². The van der Waals surface area contributed by atoms with Gasteiger partial charge >= 0.3 is 0 Å². The van der Waals surface area contributed by atoms with Crippen molar-refractivity contribution in [2.75, 3.05) is 5.75 Å². The van der Waals surface area contributed by atoms with Crippen molar-refractivity contribution < 1.29 is 0 Å². The Morgan fingerprint density at radius 2 is 2.08 bits per heavy atom. The minimum Gasteiger partial charge on any atom is -0.136 e. The highest BCUT2D eigenvalue weighted by atomic mass is 32.1. The van der Waals surface area contributed by atoms with Crippen molar-refractivity contribution >= 4 is 33.9 Å². The van der Waals surface area contributed by atoms with E-state index in [0.717, 1.165) is 17.1 Å². The molecule has 12 heavy (non-hydrogen) atoms. The van der Waals surface area contributed by atoms with E-state index in [1.54, 1.807) is 0 Å². The van der Waals surface area contributed by atoms with Crippen molar-refractivity contribution in [2.24, 2.45) is 10.2 Å². The zero-order valence-corrected chi connectivity index (χ0v) is 9.00. The summed E-state index contributed by atoms with van der Waals surface area (Å²) in [6, 6.07) is 0. The third-order valence-corrected chi connectivity index (χ3v) is 2.18. The summed E-state index contributed by atoms with van der Waals surface area (Å²) in [4.78, 5) is 0. The molecular weight excluding hydrogens is 188 g/mol. The summed E-state index contributed by atoms with van der Waals surface area (Å²) in [6.07, 6.45) is 5.16. The number of thiol groups is 1. The molecule has 0 aromatic rings. The Bertz CT molecular complexity index is 201. The van der Waals surface area contributed by atoms with Gasteiger partial charge in [0.25, 0.3) is 0 Å². The lowest BCUT2D eigenvalue weighted by atomic mass is 10.2. The van der Waals surface area contributed by atoms with Gasteiger partial charge in [-0.25, -0.2) is 0 Å². The van der Waals surface area contributed by atoms with Crippen molar-refractivity contribution in [1.29, 1.82) is 0 Å². The molecule has 0 bridgehead atoms. The van der Waals surface area contributed by atoms with Crippen LogP contribution in [0.3, 0.4) is 0 Å². The summed E-state index contributed by atoms with van der Waals surface area (Å²) in [5, 5.41) is 11.9. The first-order chi connectivity index (χ1) is 5.91. The quantitative estimate of drug-likeness (QED) is 0.231. The van der Waals surface area contributed by atoms with Gasteiger partial charge in [-0.15, -0.1) is 11.4 Å². The van der Waals surface area contributed by atoms with Crippen LogP contribution >= 0.6 is 23.6 Å². The molecule has 0 N–H and O–H groups in total. The Hall–Kier alpha value is -0.270. The van der Waals surface area contributed by atoms with E-state index in [4.69, 9.17) is 0 Å². The molecule has 68 valence electrons. The topological polar surface area (TPSA) is 24.7 Å². The largest absolute Gasteiger partial charge is 0.136 e. The molecule has 0 saturated carbocycles. The number of hydrogen-bond donors (Lipinski definition) is 1. The van der Waals surface area contributed by atoms with Crippen LogP contribution in [0.25, 0.3) is 0 Å². The highest BCUT2D eigenvalue weighted by Gasteiger charge is 1.82. The smallest absolute Gasteiger partial charge is 0.0879 e. The van der Waals surface area contributed by atoms with E-state index < -0.39 is 0 Å². The van der Waals surface area contributed by atoms with Crippen LogP contribution < -0.4 is 0 Å². The second-order valence-electron chi connectivity index (χ2n) is 2.33. The van der Waals surface area contributed by atoms with Gasteiger partial charge in [0, 0.05) is 5.16 Å². The summed E-state index contributed by atoms with van der Waals surface area (Å²) in [7, 11) is 0. The van der Waals surface area contributed by atoms with Gasteiger partial charge in [-0.05, 0) is 24.4 Å². The van der Waals surface area contributed by atoms with Crippen molar-refractivity contribution in [3.05, 3.63) is 0 Å². The average molecular weight is 202 g/mol. The molecule has 0 amide bonds. The van der Waals surface area contributed by atoms with Crippen LogP contribution in [-0.4, -0.2) is 16.1 Å². The van der Waals surface area contributed by atoms with Crippen LogP contribution in [0.5, 0.6) is 0 Å². The Morgan fingerprint density at radius 3 is 2.75 bits per heavy atom. The lowest BCUT2D eigenvalue weighted by Crippen LogP contribution is -1.76. The van der Waals surface area contributed by atoms with E-state index in [9.17, 15) is 0 Å². The SMILES string of the molecule is CCCCCC[SH]=C=NN=C=S. The number of hydrogen-bond acceptors (Lipinski definition) is 3. The minimum atomic E-state index is 1.10. The maximum Gasteiger partial charge on any atom is 0.0879 e. The molecule has 0 unspecified atom stereocenters. The molecule has 0 heterocycles. The lowest BCUT2D eigenvalue weighted by molar-refractivity contribution is 0.707. The monoisotopic (exact) mass is 202 g/mol. The molecule has 0 aliphatic heterocycles. The maximum atomic E-state index is 4.33. The highest BCUT2D eigenvalue weighted by Crippen LogP contribution is 2.00. The molecule has 0 saturated heterocycles. The van der Waals surface area contributed by atoms with Crippen LogP contribution in [0.1, 0.15) is 32.6 Å². The fourth-order valence-electron chi connectivity index (χ4n) is 0.742. The minimum absolute atomic E-state index is 1.10. The first-order valence-electron chi connectivity index (χ1n) is 4.10. The normalized spacial score (nSPS) is 8.42. The van der Waals surface area contributed by atoms with Gasteiger partial charge in [-0.3, -0.25) is 0 Å². The van der Waals surface area contributed by atoms with E-state index >= 15 is 0 Å². The number of rotatable bonds is 6. The molecule has 0 fully saturated rings. The second-order valence-corrected chi connectivity index (χ2v) is 3.48. The Kier molecular flexibility index (Phi) is 10.5. The predicted molar refractivity (Wildman–Crippen MR) is 60.5 cm³/mol. The summed E-state index contributed by atoms with van der Waals surface area (Å²) >= 11 is 5.44. The average Bonchev–Trinajstić information content (AvgIpc) is 2.10. The highest BCUT2D eigenvalue weighted by molar-refractivity contribution is 7.97. The molecule has 0 aliphatic rings. The first kappa shape index (κ1) is 11.7. The lowest BCUT2D eigenvalue weighted by Gasteiger charge is -1.91. The third kappa shape index (κ3) is 9.73. The van der Waals surface area contributed by atoms with Crippen LogP contribution in [0, 0.1) is 0 Å². The molecular formula is C8H14N2S2. The van der Waals surface area contributed by atoms with Gasteiger partial charge in [0.05, 0.1) is 5.16 Å². The molecule has 0 aliphatic carbocycles. The zero-order valence-electron chi connectivity index (χ0n) is 7.29. The Morgan fingerprint density at radius 1 is 1.25 bits per heavy atom. The molecule has 0 rings (SSSR count). The molecule has 0 radical (unpaired) electrons. The standard InChI is InChI=1S/C8H14N2S2/c1-2-3-4-5-6-12-8-10-9-7-11/h12H,2-6H2,1H3. The second kappa shape index (κ2) is 10.7. The fraction of sp³-hybridized carbons (Fsp3) is 0.750. The van der Waals surface area contributed by atoms with Gasteiger partial charge in [0.2, 0.25) is 0 Å². The van der Waals surface area contributed by atoms with Gasteiger partial charge in [-0.2, -0.15) is 0 Å². The number of thiocarbonyl (C=S) groups is 1. The third-order valence-electron chi connectivity index (χ3n) is 1.33. The van der Waals surface area contributed by atoms with Gasteiger partial charge in [0.1, 0.15) is 0 Å². The summed E-state index contributed by atoms with van der Waals surface area (Å²) in [5.74, 6) is 1.12. The van der Waals surface area contributed by atoms with Gasteiger partial charge < -0.3 is 0 Å². The van der Waals surface area contributed by atoms with E-state index in [2.05, 4.69) is 39.7 Å². The van der Waals surface area contributed by atoms with Crippen LogP contribution in [0.4, 0.5) is 0 Å². The number of isothiocyanates is 2. The van der Waals surface area contributed by atoms with Crippen molar-refractivity contribution in [3.8, 4) is 0 Å². The number of unbranched alkanes of at least 4 members (excludes halogenated alkanes) is 3. The molecule has 0 aromatic carbocycles. The van der Waals surface area contributed by atoms with Crippen LogP contribution in [0.15, 0.2) is 10.2 Å². The van der Waals surface area contributed by atoms with Crippen molar-refractivity contribution in [3.63, 3.8) is 0 Å². The van der Waals surface area contributed by atoms with Crippen molar-refractivity contribution in [1.82, 2.24) is 0 Å². The van der Waals surface area contributed by atoms with E-state index in [1.807, 2.05) is 0 Å². The van der Waals surface area contributed by atoms with E-state index in [1.165, 1.54) is 25.7 Å². The van der Waals surface area contributed by atoms with Gasteiger partial charge in [-0.1, -0.05) is 36.4 Å². The maximum absolute atomic E-state index is 4.33. The molecule has 0 aromatic heterocycles. The summed E-state index contributed by atoms with van der Waals surface area (Å²) < 4.78 is 0. The molecule has 4 heteroatoms. The molecule has 0 atom stereocenters. The summed E-state index contributed by atoms with van der Waals surface area (Å²) in [5.41, 5.74) is 0. The predicted octanol–water partition coefficient (Wildman–Crippen LogP) is 2.96. The van der Waals surface area contributed by atoms with Crippen LogP contribution in [0.2, 0.25) is 0 Å². The van der Waals surface area contributed by atoms with E-state index in [0.29, 0.717) is 0 Å². The summed E-state index contributed by atoms with van der Waals surface area (Å²) in [6.45, 7) is 2.21. The van der Waals surface area contributed by atoms with Crippen molar-refractivity contribution in [2.45, 2.75) is 32.6 Å². The Balaban J connectivity index is 3.29. The fourth-order valence-corrected chi connectivity index (χ4v) is 1.37.